The summed E-state index contributed by atoms with van der Waals surface area (Å²) in [6, 6.07) is 0. The molecule has 0 aromatic rings. The molecule has 6 aliphatic rings. The Balaban J connectivity index is 1.75. The van der Waals surface area contributed by atoms with Gasteiger partial charge in [0.1, 0.15) is 12.2 Å². The van der Waals surface area contributed by atoms with Crippen molar-refractivity contribution in [2.75, 3.05) is 0 Å². The third-order valence-corrected chi connectivity index (χ3v) is 8.95. The first kappa shape index (κ1) is 19.9. The molecule has 4 aliphatic heterocycles. The Morgan fingerprint density at radius 1 is 0.935 bits per heavy atom. The Bertz CT molecular complexity index is 957. The SMILES string of the molecule is CC1C(=O)OC2C(O)C34C5OC(=O)C3(OC3OC(=O)C(O)C34C(C(C)(C)C)C5O)[C@@]12O. The van der Waals surface area contributed by atoms with Gasteiger partial charge in [-0.3, -0.25) is 4.79 Å². The van der Waals surface area contributed by atoms with Crippen molar-refractivity contribution in [1.29, 1.82) is 0 Å². The Labute approximate surface area is 176 Å². The minimum Gasteiger partial charge on any atom is -0.456 e. The largest absolute Gasteiger partial charge is 0.456 e. The topological polar surface area (TPSA) is 169 Å². The van der Waals surface area contributed by atoms with Crippen molar-refractivity contribution < 1.29 is 53.8 Å². The van der Waals surface area contributed by atoms with E-state index in [1.165, 1.54) is 6.92 Å². The van der Waals surface area contributed by atoms with E-state index in [1.54, 1.807) is 20.8 Å². The van der Waals surface area contributed by atoms with E-state index in [0.717, 1.165) is 0 Å². The molecule has 31 heavy (non-hydrogen) atoms. The van der Waals surface area contributed by atoms with Crippen LogP contribution < -0.4 is 0 Å². The third-order valence-electron chi connectivity index (χ3n) is 8.95. The maximum atomic E-state index is 13.4. The van der Waals surface area contributed by atoms with Gasteiger partial charge in [-0.2, -0.15) is 0 Å². The lowest BCUT2D eigenvalue weighted by Crippen LogP contribution is -2.67. The molecule has 4 N–H and O–H groups in total. The molecule has 170 valence electrons. The monoisotopic (exact) mass is 440 g/mol. The summed E-state index contributed by atoms with van der Waals surface area (Å²) in [6.45, 7) is 6.63. The predicted octanol–water partition coefficient (Wildman–Crippen LogP) is -2.40. The van der Waals surface area contributed by atoms with Crippen LogP contribution in [-0.2, 0) is 33.3 Å². The Kier molecular flexibility index (Phi) is 3.15. The molecular weight excluding hydrogens is 416 g/mol. The van der Waals surface area contributed by atoms with Crippen LogP contribution in [0.15, 0.2) is 0 Å². The van der Waals surface area contributed by atoms with Gasteiger partial charge in [-0.05, 0) is 12.3 Å². The summed E-state index contributed by atoms with van der Waals surface area (Å²) in [5.74, 6) is -5.22. The van der Waals surface area contributed by atoms with Crippen LogP contribution in [0.4, 0.5) is 0 Å². The summed E-state index contributed by atoms with van der Waals surface area (Å²) in [6.07, 6.45) is -9.69. The van der Waals surface area contributed by atoms with Gasteiger partial charge in [0.05, 0.1) is 22.9 Å². The normalized spacial score (nSPS) is 61.0. The van der Waals surface area contributed by atoms with Gasteiger partial charge < -0.3 is 39.4 Å². The summed E-state index contributed by atoms with van der Waals surface area (Å²) in [4.78, 5) is 38.3. The molecule has 11 unspecified atom stereocenters. The number of rotatable bonds is 0. The Morgan fingerprint density at radius 2 is 1.58 bits per heavy atom. The van der Waals surface area contributed by atoms with Crippen molar-refractivity contribution in [1.82, 2.24) is 0 Å². The second kappa shape index (κ2) is 4.91. The first-order valence-corrected chi connectivity index (χ1v) is 10.3. The van der Waals surface area contributed by atoms with E-state index >= 15 is 0 Å². The molecule has 2 aliphatic carbocycles. The number of hydrogen-bond donors (Lipinski definition) is 4. The quantitative estimate of drug-likeness (QED) is 0.234. The van der Waals surface area contributed by atoms with Crippen molar-refractivity contribution in [3.05, 3.63) is 0 Å². The highest BCUT2D eigenvalue weighted by atomic mass is 16.8. The molecule has 11 heteroatoms. The molecule has 0 aromatic heterocycles. The number of esters is 3. The number of aliphatic hydroxyl groups excluding tert-OH is 3. The van der Waals surface area contributed by atoms with Crippen LogP contribution in [0.1, 0.15) is 27.7 Å². The standard InChI is InChI=1S/C20H24O11/c1-5-12(24)28-11-8(22)18-10-6(21)7(16(2,3)4)17(18)9(23)13(25)30-15(17)31-20(18,14(26)29-10)19(5,11)27/h5-11,15,21-23,27H,1-4H3/t5?,6?,7?,8?,9?,10?,11?,15?,17?,18?,19-,20?/m1/s1. The highest BCUT2D eigenvalue weighted by Gasteiger charge is 3.05. The molecule has 11 nitrogen and oxygen atoms in total. The fourth-order valence-electron chi connectivity index (χ4n) is 8.27. The minimum atomic E-state index is -2.40. The van der Waals surface area contributed by atoms with Crippen molar-refractivity contribution in [2.24, 2.45) is 28.1 Å². The van der Waals surface area contributed by atoms with Crippen LogP contribution >= 0.6 is 0 Å². The Morgan fingerprint density at radius 3 is 2.19 bits per heavy atom. The second-order valence-electron chi connectivity index (χ2n) is 10.8. The van der Waals surface area contributed by atoms with Gasteiger partial charge >= 0.3 is 17.9 Å². The van der Waals surface area contributed by atoms with Crippen LogP contribution in [0.2, 0.25) is 0 Å². The van der Waals surface area contributed by atoms with Crippen LogP contribution in [-0.4, -0.2) is 86.3 Å². The first-order valence-electron chi connectivity index (χ1n) is 10.3. The van der Waals surface area contributed by atoms with E-state index in [9.17, 15) is 34.8 Å². The molecule has 12 atom stereocenters. The Hall–Kier alpha value is -1.79. The molecule has 0 radical (unpaired) electrons. The molecule has 2 saturated carbocycles. The zero-order chi connectivity index (χ0) is 22.7. The fraction of sp³-hybridized carbons (Fsp3) is 0.850. The number of carbonyl (C=O) groups excluding carboxylic acids is 3. The van der Waals surface area contributed by atoms with E-state index in [4.69, 9.17) is 18.9 Å². The molecular formula is C20H24O11. The van der Waals surface area contributed by atoms with E-state index in [1.807, 2.05) is 0 Å². The highest BCUT2D eigenvalue weighted by Crippen LogP contribution is 2.84. The lowest BCUT2D eigenvalue weighted by molar-refractivity contribution is -0.240. The van der Waals surface area contributed by atoms with Gasteiger partial charge in [0.15, 0.2) is 17.8 Å². The van der Waals surface area contributed by atoms with Crippen molar-refractivity contribution in [3.8, 4) is 0 Å². The van der Waals surface area contributed by atoms with Gasteiger partial charge in [0, 0.05) is 5.92 Å². The van der Waals surface area contributed by atoms with Gasteiger partial charge in [-0.15, -0.1) is 0 Å². The summed E-state index contributed by atoms with van der Waals surface area (Å²) >= 11 is 0. The van der Waals surface area contributed by atoms with E-state index in [0.29, 0.717) is 0 Å². The molecule has 6 rings (SSSR count). The van der Waals surface area contributed by atoms with Crippen LogP contribution in [0.3, 0.4) is 0 Å². The zero-order valence-corrected chi connectivity index (χ0v) is 17.3. The van der Waals surface area contributed by atoms with Crippen LogP contribution in [0.25, 0.3) is 0 Å². The number of hydrogen-bond acceptors (Lipinski definition) is 11. The van der Waals surface area contributed by atoms with Crippen molar-refractivity contribution in [3.63, 3.8) is 0 Å². The first-order chi connectivity index (χ1) is 14.3. The zero-order valence-electron chi connectivity index (χ0n) is 17.3. The van der Waals surface area contributed by atoms with Gasteiger partial charge in [-0.1, -0.05) is 20.8 Å². The summed E-state index contributed by atoms with van der Waals surface area (Å²) in [5.41, 5.74) is -9.40. The van der Waals surface area contributed by atoms with E-state index in [-0.39, 0.29) is 0 Å². The van der Waals surface area contributed by atoms with Crippen molar-refractivity contribution in [2.45, 2.75) is 75.7 Å². The number of ether oxygens (including phenoxy) is 4. The average Bonchev–Trinajstić information content (AvgIpc) is 3.35. The lowest BCUT2D eigenvalue weighted by Gasteiger charge is -2.47. The summed E-state index contributed by atoms with van der Waals surface area (Å²) in [5, 5.41) is 46.1. The number of fused-ring (bicyclic) bond motifs is 1. The summed E-state index contributed by atoms with van der Waals surface area (Å²) < 4.78 is 22.2. The van der Waals surface area contributed by atoms with Crippen molar-refractivity contribution >= 4 is 17.9 Å². The van der Waals surface area contributed by atoms with Gasteiger partial charge in [-0.25, -0.2) is 9.59 Å². The van der Waals surface area contributed by atoms with Gasteiger partial charge in [0.25, 0.3) is 0 Å². The van der Waals surface area contributed by atoms with Crippen LogP contribution in [0, 0.1) is 28.1 Å². The second-order valence-corrected chi connectivity index (χ2v) is 10.8. The molecule has 4 saturated heterocycles. The molecule has 4 heterocycles. The van der Waals surface area contributed by atoms with Crippen LogP contribution in [0.5, 0.6) is 0 Å². The molecule has 0 bridgehead atoms. The average molecular weight is 440 g/mol. The number of carbonyl (C=O) groups is 3. The molecule has 0 amide bonds. The fourth-order valence-corrected chi connectivity index (χ4v) is 8.27. The predicted molar refractivity (Wildman–Crippen MR) is 93.4 cm³/mol. The summed E-state index contributed by atoms with van der Waals surface area (Å²) in [7, 11) is 0. The minimum absolute atomic E-state index is 0.792. The molecule has 6 fully saturated rings. The number of aliphatic hydroxyl groups is 4. The highest BCUT2D eigenvalue weighted by molar-refractivity contribution is 5.94. The van der Waals surface area contributed by atoms with E-state index < -0.39 is 94.0 Å². The molecule has 0 aromatic carbocycles. The molecule has 2 spiro atoms. The maximum absolute atomic E-state index is 13.4. The lowest BCUT2D eigenvalue weighted by atomic mass is 9.51. The maximum Gasteiger partial charge on any atom is 0.343 e. The smallest absolute Gasteiger partial charge is 0.343 e. The third kappa shape index (κ3) is 1.43. The van der Waals surface area contributed by atoms with E-state index in [2.05, 4.69) is 0 Å². The van der Waals surface area contributed by atoms with Gasteiger partial charge in [0.2, 0.25) is 11.9 Å².